The molecule has 3 aromatic carbocycles. The van der Waals surface area contributed by atoms with Gasteiger partial charge in [0.15, 0.2) is 5.60 Å². The maximum Gasteiger partial charge on any atom is 0.340 e. The Balaban J connectivity index is 0.867. The summed E-state index contributed by atoms with van der Waals surface area (Å²) in [5, 5.41) is 9.23. The fraction of sp³-hybridized carbons (Fsp3) is 0.385. The molecule has 0 fully saturated rings. The smallest absolute Gasteiger partial charge is 0.340 e. The van der Waals surface area contributed by atoms with Crippen molar-refractivity contribution in [3.63, 3.8) is 0 Å². The van der Waals surface area contributed by atoms with Crippen molar-refractivity contribution in [2.75, 3.05) is 97.8 Å². The molecule has 4 aromatic rings. The van der Waals surface area contributed by atoms with E-state index in [1.807, 2.05) is 94.3 Å². The Morgan fingerprint density at radius 3 is 2.01 bits per heavy atom. The fourth-order valence-corrected chi connectivity index (χ4v) is 8.46. The number of methoxy groups -OCH3 is 1. The van der Waals surface area contributed by atoms with Gasteiger partial charge in [0.25, 0.3) is 5.91 Å². The van der Waals surface area contributed by atoms with Crippen LogP contribution in [0.3, 0.4) is 0 Å². The predicted molar refractivity (Wildman–Crippen MR) is 266 cm³/mol. The van der Waals surface area contributed by atoms with Gasteiger partial charge in [0.05, 0.1) is 50.7 Å². The standard InChI is InChI=1S/C52H60ClN7O10/c1-8-51(9-2,58-47(62)42-32-56-48(68-29-26-65-7)45(57-42)33-10-14-35(53)15-11-33)50(64)55-23-25-67-28-27-66-24-22-54-46(61)34-12-18-38-39(19-13-34)52(70-49(38)63)40-20-16-36(59(3)4)30-43(40)69-44-31-37(60(5)6)17-21-41(44)52/h10-21,30-32,34H,8-9,22-29H2,1-7H3,(H,54,61)(H,55,64)(H,58,62)/t34-/m0/s1. The van der Waals surface area contributed by atoms with Crippen LogP contribution in [0.25, 0.3) is 11.3 Å². The zero-order chi connectivity index (χ0) is 50.0. The van der Waals surface area contributed by atoms with Crippen LogP contribution in [0.15, 0.2) is 102 Å². The van der Waals surface area contributed by atoms with Crippen molar-refractivity contribution < 1.29 is 47.6 Å². The highest BCUT2D eigenvalue weighted by Gasteiger charge is 2.54. The lowest BCUT2D eigenvalue weighted by Gasteiger charge is -2.38. The molecule has 18 heteroatoms. The summed E-state index contributed by atoms with van der Waals surface area (Å²) in [5.41, 5.74) is 2.71. The molecule has 17 nitrogen and oxygen atoms in total. The number of fused-ring (bicyclic) bond motifs is 5. The van der Waals surface area contributed by atoms with Crippen molar-refractivity contribution in [3.05, 3.63) is 124 Å². The van der Waals surface area contributed by atoms with E-state index >= 15 is 0 Å². The lowest BCUT2D eigenvalue weighted by molar-refractivity contribution is -0.145. The number of aromatic nitrogens is 2. The molecule has 70 heavy (non-hydrogen) atoms. The number of nitrogens with one attached hydrogen (secondary N) is 3. The maximum atomic E-state index is 13.7. The van der Waals surface area contributed by atoms with Crippen molar-refractivity contribution >= 4 is 46.7 Å². The number of ether oxygens (including phenoxy) is 6. The zero-order valence-electron chi connectivity index (χ0n) is 40.6. The van der Waals surface area contributed by atoms with Gasteiger partial charge in [-0.15, -0.1) is 0 Å². The van der Waals surface area contributed by atoms with E-state index in [1.165, 1.54) is 6.20 Å². The second-order valence-corrected chi connectivity index (χ2v) is 17.6. The molecule has 1 atom stereocenters. The van der Waals surface area contributed by atoms with Crippen molar-refractivity contribution in [2.45, 2.75) is 37.8 Å². The summed E-state index contributed by atoms with van der Waals surface area (Å²) >= 11 is 6.11. The van der Waals surface area contributed by atoms with Crippen LogP contribution in [0.2, 0.25) is 5.02 Å². The average molecular weight is 979 g/mol. The van der Waals surface area contributed by atoms with Gasteiger partial charge in [0, 0.05) is 99.2 Å². The molecule has 3 heterocycles. The summed E-state index contributed by atoms with van der Waals surface area (Å²) in [5.74, 6) is -0.966. The van der Waals surface area contributed by atoms with Gasteiger partial charge in [-0.25, -0.2) is 14.8 Å². The molecule has 1 aliphatic carbocycles. The zero-order valence-corrected chi connectivity index (χ0v) is 41.3. The Bertz CT molecular complexity index is 2610. The number of rotatable bonds is 22. The van der Waals surface area contributed by atoms with Gasteiger partial charge in [-0.2, -0.15) is 0 Å². The van der Waals surface area contributed by atoms with E-state index in [-0.39, 0.29) is 69.5 Å². The number of nitrogens with zero attached hydrogens (tertiary/aromatic N) is 4. The van der Waals surface area contributed by atoms with Crippen molar-refractivity contribution in [1.82, 2.24) is 25.9 Å². The SMILES string of the molecule is CCC(CC)(NC(=O)c1cnc(OCCOC)c(-c2ccc(Cl)cc2)n1)C(=O)NCCOCCOCCNC(=O)[C@H]1C=CC2=C(C=C1)C1(OC2=O)c2ccc(N(C)C)cc2Oc2cc(N(C)C)ccc21. The largest absolute Gasteiger partial charge is 0.474 e. The molecular formula is C52H60ClN7O10. The molecule has 0 radical (unpaired) electrons. The van der Waals surface area contributed by atoms with E-state index in [0.29, 0.717) is 69.5 Å². The molecule has 0 saturated carbocycles. The molecule has 370 valence electrons. The number of carbonyl (C=O) groups excluding carboxylic acids is 4. The lowest BCUT2D eigenvalue weighted by Crippen LogP contribution is -2.58. The summed E-state index contributed by atoms with van der Waals surface area (Å²) in [4.78, 5) is 67.2. The minimum Gasteiger partial charge on any atom is -0.474 e. The number of esters is 1. The first-order valence-corrected chi connectivity index (χ1v) is 23.6. The van der Waals surface area contributed by atoms with Crippen LogP contribution in [0.4, 0.5) is 11.4 Å². The van der Waals surface area contributed by atoms with Gasteiger partial charge in [-0.1, -0.05) is 61.9 Å². The molecule has 0 saturated heterocycles. The number of amides is 3. The third kappa shape index (κ3) is 11.0. The Morgan fingerprint density at radius 1 is 0.800 bits per heavy atom. The third-order valence-corrected chi connectivity index (χ3v) is 12.6. The molecule has 3 N–H and O–H groups in total. The number of carbonyl (C=O) groups is 4. The Labute approximate surface area is 413 Å². The summed E-state index contributed by atoms with van der Waals surface area (Å²) in [6.45, 7) is 5.59. The fourth-order valence-electron chi connectivity index (χ4n) is 8.33. The summed E-state index contributed by atoms with van der Waals surface area (Å²) < 4.78 is 35.1. The number of halogens is 1. The highest BCUT2D eigenvalue weighted by Crippen LogP contribution is 2.58. The van der Waals surface area contributed by atoms with Gasteiger partial charge in [0.2, 0.25) is 17.7 Å². The number of benzene rings is 3. The van der Waals surface area contributed by atoms with Crippen molar-refractivity contribution in [3.8, 4) is 28.6 Å². The molecule has 2 aliphatic heterocycles. The Morgan fingerprint density at radius 2 is 1.41 bits per heavy atom. The first-order chi connectivity index (χ1) is 33.7. The normalized spacial score (nSPS) is 15.3. The van der Waals surface area contributed by atoms with E-state index in [1.54, 1.807) is 49.6 Å². The van der Waals surface area contributed by atoms with Crippen LogP contribution in [0.5, 0.6) is 17.4 Å². The van der Waals surface area contributed by atoms with E-state index < -0.39 is 28.9 Å². The lowest BCUT2D eigenvalue weighted by atomic mass is 9.77. The summed E-state index contributed by atoms with van der Waals surface area (Å²) in [6, 6.07) is 18.6. The number of hydrogen-bond donors (Lipinski definition) is 3. The highest BCUT2D eigenvalue weighted by atomic mass is 35.5. The second kappa shape index (κ2) is 22.8. The highest BCUT2D eigenvalue weighted by molar-refractivity contribution is 6.30. The molecule has 3 amide bonds. The Hall–Kier alpha value is -6.79. The topological polar surface area (TPSA) is 192 Å². The molecule has 7 rings (SSSR count). The van der Waals surface area contributed by atoms with Crippen LogP contribution >= 0.6 is 11.6 Å². The second-order valence-electron chi connectivity index (χ2n) is 17.2. The van der Waals surface area contributed by atoms with Gasteiger partial charge in [-0.05, 0) is 49.2 Å². The molecule has 1 aromatic heterocycles. The van der Waals surface area contributed by atoms with Crippen LogP contribution in [-0.2, 0) is 38.9 Å². The van der Waals surface area contributed by atoms with Crippen LogP contribution in [0.1, 0.15) is 48.3 Å². The third-order valence-electron chi connectivity index (χ3n) is 12.4. The van der Waals surface area contributed by atoms with Gasteiger partial charge < -0.3 is 54.2 Å². The minimum atomic E-state index is -1.29. The van der Waals surface area contributed by atoms with Gasteiger partial charge in [0.1, 0.15) is 35.0 Å². The molecule has 3 aliphatic rings. The maximum absolute atomic E-state index is 13.7. The minimum absolute atomic E-state index is 0.0120. The van der Waals surface area contributed by atoms with Crippen molar-refractivity contribution in [2.24, 2.45) is 5.92 Å². The van der Waals surface area contributed by atoms with E-state index in [4.69, 9.17) is 40.0 Å². The quantitative estimate of drug-likeness (QED) is 0.0600. The van der Waals surface area contributed by atoms with E-state index in [2.05, 4.69) is 25.9 Å². The molecule has 1 spiro atoms. The van der Waals surface area contributed by atoms with Crippen LogP contribution in [-0.4, -0.2) is 127 Å². The van der Waals surface area contributed by atoms with Crippen LogP contribution < -0.4 is 35.2 Å². The monoisotopic (exact) mass is 977 g/mol. The molecule has 0 bridgehead atoms. The van der Waals surface area contributed by atoms with Gasteiger partial charge in [-0.3, -0.25) is 14.4 Å². The number of hydrogen-bond acceptors (Lipinski definition) is 14. The van der Waals surface area contributed by atoms with E-state index in [9.17, 15) is 19.2 Å². The predicted octanol–water partition coefficient (Wildman–Crippen LogP) is 6.15. The summed E-state index contributed by atoms with van der Waals surface area (Å²) in [7, 11) is 9.35. The first-order valence-electron chi connectivity index (χ1n) is 23.2. The van der Waals surface area contributed by atoms with Crippen molar-refractivity contribution in [1.29, 1.82) is 0 Å². The van der Waals surface area contributed by atoms with E-state index in [0.717, 1.165) is 11.4 Å². The molecule has 0 unspecified atom stereocenters. The van der Waals surface area contributed by atoms with Crippen LogP contribution in [0, 0.1) is 5.92 Å². The summed E-state index contributed by atoms with van der Waals surface area (Å²) in [6.07, 6.45) is 8.90. The first kappa shape index (κ1) is 51.1. The Kier molecular flexibility index (Phi) is 16.6. The van der Waals surface area contributed by atoms with Gasteiger partial charge >= 0.3 is 5.97 Å². The molecular weight excluding hydrogens is 918 g/mol. The average Bonchev–Trinajstić information content (AvgIpc) is 3.46. The number of anilines is 2.